The van der Waals surface area contributed by atoms with Crippen LogP contribution in [0.1, 0.15) is 33.6 Å². The third-order valence-electron chi connectivity index (χ3n) is 2.20. The molecule has 0 spiro atoms. The minimum absolute atomic E-state index is 0.652. The second kappa shape index (κ2) is 5.36. The van der Waals surface area contributed by atoms with Gasteiger partial charge in [0.2, 0.25) is 0 Å². The highest BCUT2D eigenvalue weighted by molar-refractivity contribution is 4.92. The highest BCUT2D eigenvalue weighted by Crippen LogP contribution is 2.04. The molecule has 66 valence electrons. The lowest BCUT2D eigenvalue weighted by atomic mass is 10.1. The molecule has 0 amide bonds. The molecule has 1 heteroatoms. The van der Waals surface area contributed by atoms with Gasteiger partial charge in [-0.15, -0.1) is 0 Å². The fourth-order valence-electron chi connectivity index (χ4n) is 0.769. The Hall–Kier alpha value is -0.300. The standard InChI is InChI=1S/C10H21N/c1-6-10(4)7-8-11(5)9(2)3/h9H,4,6-8H2,1-3,5H3. The molecular weight excluding hydrogens is 134 g/mol. The van der Waals surface area contributed by atoms with Crippen LogP contribution in [0, 0.1) is 0 Å². The van der Waals surface area contributed by atoms with E-state index in [1.165, 1.54) is 5.57 Å². The molecule has 0 atom stereocenters. The van der Waals surface area contributed by atoms with Gasteiger partial charge in [-0.25, -0.2) is 0 Å². The van der Waals surface area contributed by atoms with Crippen molar-refractivity contribution in [3.63, 3.8) is 0 Å². The van der Waals surface area contributed by atoms with Crippen molar-refractivity contribution in [2.24, 2.45) is 0 Å². The summed E-state index contributed by atoms with van der Waals surface area (Å²) in [7, 11) is 2.16. The molecule has 0 radical (unpaired) electrons. The molecule has 0 saturated heterocycles. The molecule has 0 aliphatic heterocycles. The van der Waals surface area contributed by atoms with E-state index in [1.54, 1.807) is 0 Å². The number of nitrogens with zero attached hydrogens (tertiary/aromatic N) is 1. The third-order valence-corrected chi connectivity index (χ3v) is 2.20. The zero-order chi connectivity index (χ0) is 8.85. The van der Waals surface area contributed by atoms with E-state index in [1.807, 2.05) is 0 Å². The van der Waals surface area contributed by atoms with E-state index in [4.69, 9.17) is 0 Å². The van der Waals surface area contributed by atoms with Crippen LogP contribution in [0.25, 0.3) is 0 Å². The van der Waals surface area contributed by atoms with Gasteiger partial charge in [0.1, 0.15) is 0 Å². The zero-order valence-electron chi connectivity index (χ0n) is 8.35. The lowest BCUT2D eigenvalue weighted by molar-refractivity contribution is 0.277. The first-order valence-corrected chi connectivity index (χ1v) is 4.44. The molecule has 0 aliphatic rings. The summed E-state index contributed by atoms with van der Waals surface area (Å²) >= 11 is 0. The molecule has 0 aliphatic carbocycles. The van der Waals surface area contributed by atoms with Gasteiger partial charge < -0.3 is 4.90 Å². The van der Waals surface area contributed by atoms with Gasteiger partial charge in [-0.2, -0.15) is 0 Å². The Morgan fingerprint density at radius 1 is 1.45 bits per heavy atom. The number of rotatable bonds is 5. The van der Waals surface area contributed by atoms with Crippen molar-refractivity contribution in [2.75, 3.05) is 13.6 Å². The monoisotopic (exact) mass is 155 g/mol. The third kappa shape index (κ3) is 5.02. The molecule has 0 aromatic heterocycles. The smallest absolute Gasteiger partial charge is 0.00356 e. The van der Waals surface area contributed by atoms with Crippen molar-refractivity contribution in [2.45, 2.75) is 39.7 Å². The molecule has 0 saturated carbocycles. The Bertz CT molecular complexity index is 116. The molecule has 0 N–H and O–H groups in total. The highest BCUT2D eigenvalue weighted by Gasteiger charge is 2.02. The lowest BCUT2D eigenvalue weighted by Gasteiger charge is -2.20. The van der Waals surface area contributed by atoms with Gasteiger partial charge in [-0.05, 0) is 33.7 Å². The molecule has 0 aromatic carbocycles. The van der Waals surface area contributed by atoms with Crippen LogP contribution in [0.15, 0.2) is 12.2 Å². The van der Waals surface area contributed by atoms with Crippen LogP contribution in [0.5, 0.6) is 0 Å². The first kappa shape index (κ1) is 10.7. The zero-order valence-corrected chi connectivity index (χ0v) is 8.35. The van der Waals surface area contributed by atoms with Crippen LogP contribution in [0.2, 0.25) is 0 Å². The van der Waals surface area contributed by atoms with Crippen LogP contribution < -0.4 is 0 Å². The summed E-state index contributed by atoms with van der Waals surface area (Å²) in [6.45, 7) is 11.7. The molecule has 11 heavy (non-hydrogen) atoms. The summed E-state index contributed by atoms with van der Waals surface area (Å²) in [5, 5.41) is 0. The fourth-order valence-corrected chi connectivity index (χ4v) is 0.769. The molecule has 1 nitrogen and oxygen atoms in total. The van der Waals surface area contributed by atoms with Crippen LogP contribution >= 0.6 is 0 Å². The van der Waals surface area contributed by atoms with Gasteiger partial charge in [-0.3, -0.25) is 0 Å². The Morgan fingerprint density at radius 3 is 2.36 bits per heavy atom. The maximum absolute atomic E-state index is 3.98. The molecule has 0 heterocycles. The van der Waals surface area contributed by atoms with Gasteiger partial charge >= 0.3 is 0 Å². The predicted octanol–water partition coefficient (Wildman–Crippen LogP) is 2.68. The number of hydrogen-bond donors (Lipinski definition) is 0. The van der Waals surface area contributed by atoms with E-state index < -0.39 is 0 Å². The molecule has 0 aromatic rings. The highest BCUT2D eigenvalue weighted by atomic mass is 15.1. The Labute approximate surface area is 71.1 Å². The molecule has 0 rings (SSSR count). The van der Waals surface area contributed by atoms with Gasteiger partial charge in [0.25, 0.3) is 0 Å². The van der Waals surface area contributed by atoms with E-state index in [-0.39, 0.29) is 0 Å². The first-order chi connectivity index (χ1) is 5.07. The van der Waals surface area contributed by atoms with E-state index >= 15 is 0 Å². The summed E-state index contributed by atoms with van der Waals surface area (Å²) in [6, 6.07) is 0.652. The van der Waals surface area contributed by atoms with E-state index in [9.17, 15) is 0 Å². The first-order valence-electron chi connectivity index (χ1n) is 4.44. The van der Waals surface area contributed by atoms with Crippen molar-refractivity contribution in [3.8, 4) is 0 Å². The van der Waals surface area contributed by atoms with E-state index in [0.717, 1.165) is 19.4 Å². The topological polar surface area (TPSA) is 3.24 Å². The molecule has 0 fully saturated rings. The summed E-state index contributed by atoms with van der Waals surface area (Å²) < 4.78 is 0. The maximum atomic E-state index is 3.98. The van der Waals surface area contributed by atoms with Crippen LogP contribution in [0.3, 0.4) is 0 Å². The second-order valence-corrected chi connectivity index (χ2v) is 3.43. The Kier molecular flexibility index (Phi) is 5.22. The van der Waals surface area contributed by atoms with E-state index in [2.05, 4.69) is 39.3 Å². The van der Waals surface area contributed by atoms with E-state index in [0.29, 0.717) is 6.04 Å². The van der Waals surface area contributed by atoms with Gasteiger partial charge in [0, 0.05) is 12.6 Å². The lowest BCUT2D eigenvalue weighted by Crippen LogP contribution is -2.27. The van der Waals surface area contributed by atoms with Crippen molar-refractivity contribution in [1.29, 1.82) is 0 Å². The van der Waals surface area contributed by atoms with Gasteiger partial charge in [0.15, 0.2) is 0 Å². The average molecular weight is 155 g/mol. The molecule has 0 bridgehead atoms. The predicted molar refractivity (Wildman–Crippen MR) is 51.8 cm³/mol. The maximum Gasteiger partial charge on any atom is 0.00356 e. The minimum Gasteiger partial charge on any atom is -0.304 e. The largest absolute Gasteiger partial charge is 0.304 e. The number of hydrogen-bond acceptors (Lipinski definition) is 1. The normalized spacial score (nSPS) is 11.1. The molecular formula is C10H21N. The summed E-state index contributed by atoms with van der Waals surface area (Å²) in [4.78, 5) is 2.35. The quantitative estimate of drug-likeness (QED) is 0.552. The van der Waals surface area contributed by atoms with Crippen LogP contribution in [-0.2, 0) is 0 Å². The fraction of sp³-hybridized carbons (Fsp3) is 0.800. The molecule has 0 unspecified atom stereocenters. The van der Waals surface area contributed by atoms with Crippen LogP contribution in [-0.4, -0.2) is 24.5 Å². The minimum atomic E-state index is 0.652. The SMILES string of the molecule is C=C(CC)CCN(C)C(C)C. The Balaban J connectivity index is 3.45. The summed E-state index contributed by atoms with van der Waals surface area (Å²) in [5.74, 6) is 0. The summed E-state index contributed by atoms with van der Waals surface area (Å²) in [6.07, 6.45) is 2.26. The van der Waals surface area contributed by atoms with Gasteiger partial charge in [-0.1, -0.05) is 19.1 Å². The van der Waals surface area contributed by atoms with Crippen molar-refractivity contribution in [1.82, 2.24) is 4.90 Å². The summed E-state index contributed by atoms with van der Waals surface area (Å²) in [5.41, 5.74) is 1.36. The van der Waals surface area contributed by atoms with Crippen molar-refractivity contribution in [3.05, 3.63) is 12.2 Å². The van der Waals surface area contributed by atoms with Crippen molar-refractivity contribution < 1.29 is 0 Å². The Morgan fingerprint density at radius 2 is 2.00 bits per heavy atom. The second-order valence-electron chi connectivity index (χ2n) is 3.43. The van der Waals surface area contributed by atoms with Gasteiger partial charge in [0.05, 0.1) is 0 Å². The van der Waals surface area contributed by atoms with Crippen LogP contribution in [0.4, 0.5) is 0 Å². The average Bonchev–Trinajstić information content (AvgIpc) is 1.99. The van der Waals surface area contributed by atoms with Crippen molar-refractivity contribution >= 4 is 0 Å².